The van der Waals surface area contributed by atoms with Crippen molar-refractivity contribution in [1.82, 2.24) is 9.62 Å². The van der Waals surface area contributed by atoms with Gasteiger partial charge in [0.05, 0.1) is 5.56 Å². The van der Waals surface area contributed by atoms with Crippen molar-refractivity contribution in [2.24, 2.45) is 0 Å². The van der Waals surface area contributed by atoms with Gasteiger partial charge < -0.3 is 10.4 Å². The SMILES string of the molecule is O=C(O)c1ccc(S(=O)(=O)N2CCNCC2)c(F)c1. The normalized spacial score (nSPS) is 17.3. The van der Waals surface area contributed by atoms with E-state index >= 15 is 0 Å². The molecular formula is C11H13FN2O4S. The lowest BCUT2D eigenvalue weighted by Gasteiger charge is -2.26. The Labute approximate surface area is 109 Å². The third-order valence-corrected chi connectivity index (χ3v) is 4.80. The fourth-order valence-corrected chi connectivity index (χ4v) is 3.35. The molecule has 0 saturated carbocycles. The first-order valence-corrected chi connectivity index (χ1v) is 7.10. The van der Waals surface area contributed by atoms with Crippen molar-refractivity contribution < 1.29 is 22.7 Å². The average Bonchev–Trinajstić information content (AvgIpc) is 2.39. The highest BCUT2D eigenvalue weighted by Gasteiger charge is 2.28. The minimum absolute atomic E-state index is 0.266. The Morgan fingerprint density at radius 2 is 1.95 bits per heavy atom. The van der Waals surface area contributed by atoms with Gasteiger partial charge in [0.25, 0.3) is 0 Å². The van der Waals surface area contributed by atoms with Crippen LogP contribution in [0.25, 0.3) is 0 Å². The van der Waals surface area contributed by atoms with Gasteiger partial charge in [-0.05, 0) is 18.2 Å². The molecule has 0 spiro atoms. The maximum absolute atomic E-state index is 13.8. The van der Waals surface area contributed by atoms with Crippen LogP contribution in [0.3, 0.4) is 0 Å². The Kier molecular flexibility index (Phi) is 3.83. The monoisotopic (exact) mass is 288 g/mol. The molecule has 0 bridgehead atoms. The first-order chi connectivity index (χ1) is 8.93. The maximum Gasteiger partial charge on any atom is 0.335 e. The van der Waals surface area contributed by atoms with Gasteiger partial charge in [-0.3, -0.25) is 0 Å². The summed E-state index contributed by atoms with van der Waals surface area (Å²) in [4.78, 5) is 10.2. The molecule has 0 radical (unpaired) electrons. The first-order valence-electron chi connectivity index (χ1n) is 5.66. The Morgan fingerprint density at radius 3 is 2.47 bits per heavy atom. The third kappa shape index (κ3) is 2.75. The number of hydrogen-bond acceptors (Lipinski definition) is 4. The van der Waals surface area contributed by atoms with Crippen molar-refractivity contribution >= 4 is 16.0 Å². The van der Waals surface area contributed by atoms with Crippen molar-refractivity contribution in [2.45, 2.75) is 4.90 Å². The molecule has 0 amide bonds. The zero-order valence-electron chi connectivity index (χ0n) is 9.97. The lowest BCUT2D eigenvalue weighted by molar-refractivity contribution is 0.0696. The van der Waals surface area contributed by atoms with E-state index < -0.39 is 26.7 Å². The number of aromatic carboxylic acids is 1. The van der Waals surface area contributed by atoms with Gasteiger partial charge in [0.2, 0.25) is 10.0 Å². The summed E-state index contributed by atoms with van der Waals surface area (Å²) in [6.45, 7) is 1.55. The number of carboxylic acid groups (broad SMARTS) is 1. The zero-order chi connectivity index (χ0) is 14.0. The summed E-state index contributed by atoms with van der Waals surface area (Å²) in [5.74, 6) is -2.34. The Hall–Kier alpha value is -1.51. The van der Waals surface area contributed by atoms with Crippen LogP contribution in [-0.4, -0.2) is 50.0 Å². The maximum atomic E-state index is 13.8. The Bertz CT molecular complexity index is 597. The van der Waals surface area contributed by atoms with Crippen LogP contribution >= 0.6 is 0 Å². The van der Waals surface area contributed by atoms with Crippen LogP contribution in [0.15, 0.2) is 23.1 Å². The van der Waals surface area contributed by atoms with Crippen LogP contribution in [0.4, 0.5) is 4.39 Å². The summed E-state index contributed by atoms with van der Waals surface area (Å²) in [5, 5.41) is 11.7. The topological polar surface area (TPSA) is 86.7 Å². The van der Waals surface area contributed by atoms with E-state index in [4.69, 9.17) is 5.11 Å². The molecule has 1 fully saturated rings. The third-order valence-electron chi connectivity index (χ3n) is 2.87. The lowest BCUT2D eigenvalue weighted by Crippen LogP contribution is -2.46. The summed E-state index contributed by atoms with van der Waals surface area (Å²) < 4.78 is 39.4. The molecular weight excluding hydrogens is 275 g/mol. The van der Waals surface area contributed by atoms with Gasteiger partial charge in [0, 0.05) is 26.2 Å². The molecule has 2 rings (SSSR count). The molecule has 8 heteroatoms. The molecule has 1 aliphatic heterocycles. The van der Waals surface area contributed by atoms with Crippen molar-refractivity contribution in [3.63, 3.8) is 0 Å². The molecule has 19 heavy (non-hydrogen) atoms. The van der Waals surface area contributed by atoms with E-state index in [0.29, 0.717) is 13.1 Å². The van der Waals surface area contributed by atoms with Crippen molar-refractivity contribution in [3.8, 4) is 0 Å². The van der Waals surface area contributed by atoms with Gasteiger partial charge in [0.1, 0.15) is 10.7 Å². The van der Waals surface area contributed by atoms with E-state index in [2.05, 4.69) is 5.32 Å². The first kappa shape index (κ1) is 13.9. The summed E-state index contributed by atoms with van der Waals surface area (Å²) in [7, 11) is -3.91. The minimum atomic E-state index is -3.91. The molecule has 1 saturated heterocycles. The molecule has 0 aliphatic carbocycles. The second-order valence-corrected chi connectivity index (χ2v) is 6.01. The van der Waals surface area contributed by atoms with Gasteiger partial charge in [-0.25, -0.2) is 17.6 Å². The molecule has 0 unspecified atom stereocenters. The van der Waals surface area contributed by atoms with Crippen LogP contribution in [0, 0.1) is 5.82 Å². The van der Waals surface area contributed by atoms with E-state index in [1.54, 1.807) is 0 Å². The van der Waals surface area contributed by atoms with Gasteiger partial charge in [-0.2, -0.15) is 4.31 Å². The van der Waals surface area contributed by atoms with E-state index in [1.807, 2.05) is 0 Å². The van der Waals surface area contributed by atoms with Crippen LogP contribution < -0.4 is 5.32 Å². The number of nitrogens with one attached hydrogen (secondary N) is 1. The number of halogens is 1. The Balaban J connectivity index is 2.37. The lowest BCUT2D eigenvalue weighted by atomic mass is 10.2. The number of benzene rings is 1. The summed E-state index contributed by atoms with van der Waals surface area (Å²) >= 11 is 0. The molecule has 104 valence electrons. The Morgan fingerprint density at radius 1 is 1.32 bits per heavy atom. The standard InChI is InChI=1S/C11H13FN2O4S/c12-9-7-8(11(15)16)1-2-10(9)19(17,18)14-5-3-13-4-6-14/h1-2,7,13H,3-6H2,(H,15,16). The van der Waals surface area contributed by atoms with E-state index in [0.717, 1.165) is 18.2 Å². The number of carbonyl (C=O) groups is 1. The second kappa shape index (κ2) is 5.24. The molecule has 6 nitrogen and oxygen atoms in total. The molecule has 0 atom stereocenters. The molecule has 1 aromatic carbocycles. The predicted molar refractivity (Wildman–Crippen MR) is 65.0 cm³/mol. The smallest absolute Gasteiger partial charge is 0.335 e. The van der Waals surface area contributed by atoms with E-state index in [1.165, 1.54) is 4.31 Å². The van der Waals surface area contributed by atoms with Crippen LogP contribution in [0.5, 0.6) is 0 Å². The summed E-state index contributed by atoms with van der Waals surface area (Å²) in [6.07, 6.45) is 0. The van der Waals surface area contributed by atoms with Crippen LogP contribution in [0.2, 0.25) is 0 Å². The number of sulfonamides is 1. The number of hydrogen-bond donors (Lipinski definition) is 2. The van der Waals surface area contributed by atoms with E-state index in [-0.39, 0.29) is 18.7 Å². The van der Waals surface area contributed by atoms with Crippen LogP contribution in [0.1, 0.15) is 10.4 Å². The quantitative estimate of drug-likeness (QED) is 0.825. The van der Waals surface area contributed by atoms with Crippen LogP contribution in [-0.2, 0) is 10.0 Å². The number of piperazine rings is 1. The van der Waals surface area contributed by atoms with Gasteiger partial charge in [0.15, 0.2) is 0 Å². The van der Waals surface area contributed by atoms with E-state index in [9.17, 15) is 17.6 Å². The second-order valence-electron chi connectivity index (χ2n) is 4.10. The highest BCUT2D eigenvalue weighted by molar-refractivity contribution is 7.89. The highest BCUT2D eigenvalue weighted by atomic mass is 32.2. The minimum Gasteiger partial charge on any atom is -0.478 e. The van der Waals surface area contributed by atoms with Gasteiger partial charge in [-0.1, -0.05) is 0 Å². The van der Waals surface area contributed by atoms with Crippen molar-refractivity contribution in [3.05, 3.63) is 29.6 Å². The molecule has 1 aromatic rings. The molecule has 1 aliphatic rings. The summed E-state index contributed by atoms with van der Waals surface area (Å²) in [6, 6.07) is 2.80. The summed E-state index contributed by atoms with van der Waals surface area (Å²) in [5.41, 5.74) is -0.281. The number of carboxylic acids is 1. The number of rotatable bonds is 3. The van der Waals surface area contributed by atoms with Gasteiger partial charge in [-0.15, -0.1) is 0 Å². The zero-order valence-corrected chi connectivity index (χ0v) is 10.8. The number of nitrogens with zero attached hydrogens (tertiary/aromatic N) is 1. The molecule has 2 N–H and O–H groups in total. The molecule has 1 heterocycles. The predicted octanol–water partition coefficient (Wildman–Crippen LogP) is 0.118. The average molecular weight is 288 g/mol. The highest BCUT2D eigenvalue weighted by Crippen LogP contribution is 2.20. The molecule has 0 aromatic heterocycles. The van der Waals surface area contributed by atoms with Gasteiger partial charge >= 0.3 is 5.97 Å². The largest absolute Gasteiger partial charge is 0.478 e. The van der Waals surface area contributed by atoms with Crippen molar-refractivity contribution in [1.29, 1.82) is 0 Å². The fraction of sp³-hybridized carbons (Fsp3) is 0.364. The van der Waals surface area contributed by atoms with Crippen molar-refractivity contribution in [2.75, 3.05) is 26.2 Å². The fourth-order valence-electron chi connectivity index (χ4n) is 1.87.